The van der Waals surface area contributed by atoms with Gasteiger partial charge in [-0.3, -0.25) is 0 Å². The Morgan fingerprint density at radius 1 is 1.31 bits per heavy atom. The zero-order valence-electron chi connectivity index (χ0n) is 10.0. The average Bonchev–Trinajstić information content (AvgIpc) is 2.19. The molecule has 1 aromatic rings. The molecule has 1 atom stereocenters. The van der Waals surface area contributed by atoms with E-state index in [0.29, 0.717) is 12.1 Å². The first-order valence-corrected chi connectivity index (χ1v) is 6.14. The number of benzene rings is 1. The molecular formula is C14H20FN. The van der Waals surface area contributed by atoms with Crippen LogP contribution in [0.25, 0.3) is 0 Å². The van der Waals surface area contributed by atoms with Gasteiger partial charge in [-0.15, -0.1) is 0 Å². The van der Waals surface area contributed by atoms with Crippen LogP contribution in [0.2, 0.25) is 0 Å². The van der Waals surface area contributed by atoms with E-state index in [2.05, 4.69) is 19.2 Å². The SMILES string of the molecule is CC1CC(NC(C)Cc2ccc(F)cc2)C1. The van der Waals surface area contributed by atoms with Gasteiger partial charge < -0.3 is 5.32 Å². The summed E-state index contributed by atoms with van der Waals surface area (Å²) < 4.78 is 12.7. The van der Waals surface area contributed by atoms with Gasteiger partial charge in [0.15, 0.2) is 0 Å². The van der Waals surface area contributed by atoms with Crippen molar-refractivity contribution in [1.29, 1.82) is 0 Å². The highest BCUT2D eigenvalue weighted by Gasteiger charge is 2.25. The second-order valence-electron chi connectivity index (χ2n) is 5.17. The number of hydrogen-bond acceptors (Lipinski definition) is 1. The van der Waals surface area contributed by atoms with Crippen molar-refractivity contribution in [2.75, 3.05) is 0 Å². The van der Waals surface area contributed by atoms with E-state index in [1.807, 2.05) is 12.1 Å². The lowest BCUT2D eigenvalue weighted by Gasteiger charge is -2.35. The van der Waals surface area contributed by atoms with E-state index in [9.17, 15) is 4.39 Å². The van der Waals surface area contributed by atoms with Gasteiger partial charge in [-0.05, 0) is 49.8 Å². The maximum atomic E-state index is 12.7. The molecule has 1 N–H and O–H groups in total. The van der Waals surface area contributed by atoms with E-state index < -0.39 is 0 Å². The molecule has 2 heteroatoms. The van der Waals surface area contributed by atoms with Gasteiger partial charge in [0, 0.05) is 12.1 Å². The van der Waals surface area contributed by atoms with Crippen molar-refractivity contribution in [1.82, 2.24) is 5.32 Å². The first kappa shape index (κ1) is 11.6. The minimum Gasteiger partial charge on any atom is -0.311 e. The molecule has 1 unspecified atom stereocenters. The van der Waals surface area contributed by atoms with Crippen LogP contribution in [-0.2, 0) is 6.42 Å². The molecular weight excluding hydrogens is 201 g/mol. The zero-order valence-corrected chi connectivity index (χ0v) is 10.0. The van der Waals surface area contributed by atoms with Gasteiger partial charge in [-0.2, -0.15) is 0 Å². The molecule has 0 aromatic heterocycles. The number of hydrogen-bond donors (Lipinski definition) is 1. The van der Waals surface area contributed by atoms with Gasteiger partial charge >= 0.3 is 0 Å². The Morgan fingerprint density at radius 2 is 1.94 bits per heavy atom. The lowest BCUT2D eigenvalue weighted by Crippen LogP contribution is -2.45. The number of rotatable bonds is 4. The molecule has 1 saturated carbocycles. The second-order valence-corrected chi connectivity index (χ2v) is 5.17. The van der Waals surface area contributed by atoms with Crippen molar-refractivity contribution >= 4 is 0 Å². The maximum absolute atomic E-state index is 12.7. The van der Waals surface area contributed by atoms with Gasteiger partial charge in [0.1, 0.15) is 5.82 Å². The van der Waals surface area contributed by atoms with Crippen molar-refractivity contribution in [2.45, 2.75) is 45.2 Å². The van der Waals surface area contributed by atoms with Crippen LogP contribution in [-0.4, -0.2) is 12.1 Å². The molecule has 1 aliphatic rings. The third-order valence-corrected chi connectivity index (χ3v) is 3.35. The van der Waals surface area contributed by atoms with Crippen molar-refractivity contribution in [3.8, 4) is 0 Å². The first-order chi connectivity index (χ1) is 7.63. The Kier molecular flexibility index (Phi) is 3.59. The van der Waals surface area contributed by atoms with E-state index in [1.165, 1.54) is 30.5 Å². The molecule has 1 aromatic carbocycles. The third kappa shape index (κ3) is 3.05. The van der Waals surface area contributed by atoms with Crippen LogP contribution < -0.4 is 5.32 Å². The highest BCUT2D eigenvalue weighted by Crippen LogP contribution is 2.26. The van der Waals surface area contributed by atoms with Crippen LogP contribution in [0.5, 0.6) is 0 Å². The molecule has 2 rings (SSSR count). The summed E-state index contributed by atoms with van der Waals surface area (Å²) in [6, 6.07) is 7.99. The Hall–Kier alpha value is -0.890. The third-order valence-electron chi connectivity index (χ3n) is 3.35. The lowest BCUT2D eigenvalue weighted by atomic mass is 9.81. The van der Waals surface area contributed by atoms with Crippen molar-refractivity contribution < 1.29 is 4.39 Å². The summed E-state index contributed by atoms with van der Waals surface area (Å²) >= 11 is 0. The summed E-state index contributed by atoms with van der Waals surface area (Å²) in [6.07, 6.45) is 3.58. The van der Waals surface area contributed by atoms with Crippen LogP contribution >= 0.6 is 0 Å². The molecule has 0 radical (unpaired) electrons. The van der Waals surface area contributed by atoms with Crippen molar-refractivity contribution in [2.24, 2.45) is 5.92 Å². The van der Waals surface area contributed by atoms with Crippen molar-refractivity contribution in [3.63, 3.8) is 0 Å². The van der Waals surface area contributed by atoms with Gasteiger partial charge in [-0.1, -0.05) is 19.1 Å². The molecule has 1 fully saturated rings. The number of halogens is 1. The van der Waals surface area contributed by atoms with Gasteiger partial charge in [-0.25, -0.2) is 4.39 Å². The minimum atomic E-state index is -0.155. The van der Waals surface area contributed by atoms with Crippen LogP contribution in [0, 0.1) is 11.7 Å². The van der Waals surface area contributed by atoms with Crippen molar-refractivity contribution in [3.05, 3.63) is 35.6 Å². The Labute approximate surface area is 97.1 Å². The first-order valence-electron chi connectivity index (χ1n) is 6.14. The number of nitrogens with one attached hydrogen (secondary N) is 1. The Morgan fingerprint density at radius 3 is 2.50 bits per heavy atom. The molecule has 0 bridgehead atoms. The molecule has 0 heterocycles. The molecule has 88 valence electrons. The zero-order chi connectivity index (χ0) is 11.5. The van der Waals surface area contributed by atoms with E-state index >= 15 is 0 Å². The van der Waals surface area contributed by atoms with Crippen LogP contribution in [0.15, 0.2) is 24.3 Å². The highest BCUT2D eigenvalue weighted by atomic mass is 19.1. The summed E-state index contributed by atoms with van der Waals surface area (Å²) in [7, 11) is 0. The maximum Gasteiger partial charge on any atom is 0.123 e. The normalized spacial score (nSPS) is 26.2. The van der Waals surface area contributed by atoms with E-state index in [-0.39, 0.29) is 5.82 Å². The van der Waals surface area contributed by atoms with Gasteiger partial charge in [0.2, 0.25) is 0 Å². The van der Waals surface area contributed by atoms with Gasteiger partial charge in [0.25, 0.3) is 0 Å². The van der Waals surface area contributed by atoms with Gasteiger partial charge in [0.05, 0.1) is 0 Å². The fourth-order valence-electron chi connectivity index (χ4n) is 2.47. The molecule has 0 amide bonds. The Balaban J connectivity index is 1.78. The van der Waals surface area contributed by atoms with Crippen LogP contribution in [0.4, 0.5) is 4.39 Å². The average molecular weight is 221 g/mol. The molecule has 1 nitrogen and oxygen atoms in total. The minimum absolute atomic E-state index is 0.155. The van der Waals surface area contributed by atoms with E-state index in [4.69, 9.17) is 0 Å². The monoisotopic (exact) mass is 221 g/mol. The summed E-state index contributed by atoms with van der Waals surface area (Å²) in [6.45, 7) is 4.50. The standard InChI is InChI=1S/C14H20FN/c1-10-7-14(8-10)16-11(2)9-12-3-5-13(15)6-4-12/h3-6,10-11,14,16H,7-9H2,1-2H3. The molecule has 16 heavy (non-hydrogen) atoms. The smallest absolute Gasteiger partial charge is 0.123 e. The summed E-state index contributed by atoms with van der Waals surface area (Å²) in [4.78, 5) is 0. The largest absolute Gasteiger partial charge is 0.311 e. The molecule has 1 aliphatic carbocycles. The van der Waals surface area contributed by atoms with E-state index in [0.717, 1.165) is 12.3 Å². The second kappa shape index (κ2) is 4.96. The predicted octanol–water partition coefficient (Wildman–Crippen LogP) is 3.14. The predicted molar refractivity (Wildman–Crippen MR) is 64.9 cm³/mol. The Bertz CT molecular complexity index is 327. The summed E-state index contributed by atoms with van der Waals surface area (Å²) in [5.74, 6) is 0.729. The quantitative estimate of drug-likeness (QED) is 0.823. The molecule has 0 aliphatic heterocycles. The van der Waals surface area contributed by atoms with Crippen LogP contribution in [0.3, 0.4) is 0 Å². The highest BCUT2D eigenvalue weighted by molar-refractivity contribution is 5.17. The molecule has 0 spiro atoms. The fourth-order valence-corrected chi connectivity index (χ4v) is 2.47. The van der Waals surface area contributed by atoms with E-state index in [1.54, 1.807) is 0 Å². The fraction of sp³-hybridized carbons (Fsp3) is 0.571. The van der Waals surface area contributed by atoms with Crippen LogP contribution in [0.1, 0.15) is 32.3 Å². The summed E-state index contributed by atoms with van der Waals surface area (Å²) in [5.41, 5.74) is 1.20. The topological polar surface area (TPSA) is 12.0 Å². The summed E-state index contributed by atoms with van der Waals surface area (Å²) in [5, 5.41) is 3.62. The lowest BCUT2D eigenvalue weighted by molar-refractivity contribution is 0.225. The molecule has 0 saturated heterocycles.